The molecule has 3 rings (SSSR count). The molecular weight excluding hydrogens is 223 g/mol. The summed E-state index contributed by atoms with van der Waals surface area (Å²) in [7, 11) is 0. The fourth-order valence-electron chi connectivity index (χ4n) is 2.38. The number of fused-ring (bicyclic) bond motifs is 3. The molecule has 0 bridgehead atoms. The molecule has 0 atom stereocenters. The van der Waals surface area contributed by atoms with Crippen LogP contribution in [0, 0.1) is 5.82 Å². The van der Waals surface area contributed by atoms with Crippen molar-refractivity contribution < 1.29 is 13.9 Å². The predicted molar refractivity (Wildman–Crippen MR) is 60.4 cm³/mol. The van der Waals surface area contributed by atoms with Gasteiger partial charge < -0.3 is 15.5 Å². The molecule has 1 aromatic carbocycles. The molecule has 0 spiro atoms. The molecule has 0 saturated carbocycles. The summed E-state index contributed by atoms with van der Waals surface area (Å²) in [4.78, 5) is 13.9. The second-order valence-corrected chi connectivity index (χ2v) is 4.14. The predicted octanol–water partition coefficient (Wildman–Crippen LogP) is 1.27. The smallest absolute Gasteiger partial charge is 0.221 e. The lowest BCUT2D eigenvalue weighted by atomic mass is 10.0. The van der Waals surface area contributed by atoms with Gasteiger partial charge in [-0.15, -0.1) is 0 Å². The number of benzene rings is 1. The normalized spacial score (nSPS) is 13.7. The van der Waals surface area contributed by atoms with Crippen molar-refractivity contribution in [3.8, 4) is 5.75 Å². The van der Waals surface area contributed by atoms with Gasteiger partial charge in [-0.05, 0) is 5.56 Å². The second-order valence-electron chi connectivity index (χ2n) is 4.14. The van der Waals surface area contributed by atoms with Gasteiger partial charge in [-0.25, -0.2) is 4.39 Å². The average Bonchev–Trinajstić information content (AvgIpc) is 2.84. The molecule has 3 N–H and O–H groups in total. The van der Waals surface area contributed by atoms with Crippen LogP contribution in [0.4, 0.5) is 4.39 Å². The largest absolute Gasteiger partial charge is 0.490 e. The molecule has 4 nitrogen and oxygen atoms in total. The summed E-state index contributed by atoms with van der Waals surface area (Å²) in [5, 5.41) is 0.873. The van der Waals surface area contributed by atoms with E-state index in [0.29, 0.717) is 24.3 Å². The number of aromatic nitrogens is 1. The fourth-order valence-corrected chi connectivity index (χ4v) is 2.38. The van der Waals surface area contributed by atoms with Gasteiger partial charge in [0.15, 0.2) is 11.6 Å². The van der Waals surface area contributed by atoms with Crippen LogP contribution in [0.2, 0.25) is 0 Å². The highest BCUT2D eigenvalue weighted by molar-refractivity contribution is 5.92. The molecule has 17 heavy (non-hydrogen) atoms. The zero-order chi connectivity index (χ0) is 12.0. The van der Waals surface area contributed by atoms with Crippen LogP contribution in [0.3, 0.4) is 0 Å². The summed E-state index contributed by atoms with van der Waals surface area (Å²) in [6.45, 7) is 0.479. The van der Waals surface area contributed by atoms with E-state index >= 15 is 0 Å². The third-order valence-electron chi connectivity index (χ3n) is 3.02. The maximum Gasteiger partial charge on any atom is 0.221 e. The van der Waals surface area contributed by atoms with Crippen LogP contribution < -0.4 is 10.5 Å². The Bertz CT molecular complexity index is 618. The Morgan fingerprint density at radius 2 is 2.41 bits per heavy atom. The van der Waals surface area contributed by atoms with E-state index in [0.717, 1.165) is 16.5 Å². The zero-order valence-electron chi connectivity index (χ0n) is 9.05. The second kappa shape index (κ2) is 3.48. The average molecular weight is 234 g/mol. The van der Waals surface area contributed by atoms with Crippen molar-refractivity contribution in [2.45, 2.75) is 12.8 Å². The van der Waals surface area contributed by atoms with Crippen molar-refractivity contribution in [3.63, 3.8) is 0 Å². The number of H-pyrrole nitrogens is 1. The van der Waals surface area contributed by atoms with Gasteiger partial charge in [-0.2, -0.15) is 0 Å². The van der Waals surface area contributed by atoms with E-state index in [1.165, 1.54) is 6.07 Å². The number of halogens is 1. The minimum atomic E-state index is -0.400. The van der Waals surface area contributed by atoms with Gasteiger partial charge >= 0.3 is 0 Å². The Morgan fingerprint density at radius 3 is 3.18 bits per heavy atom. The van der Waals surface area contributed by atoms with Gasteiger partial charge in [0.1, 0.15) is 0 Å². The van der Waals surface area contributed by atoms with E-state index in [1.54, 1.807) is 6.20 Å². The highest BCUT2D eigenvalue weighted by Gasteiger charge is 2.23. The number of primary amides is 1. The molecule has 5 heteroatoms. The minimum absolute atomic E-state index is 0.151. The highest BCUT2D eigenvalue weighted by Crippen LogP contribution is 2.36. The quantitative estimate of drug-likeness (QED) is 0.821. The lowest BCUT2D eigenvalue weighted by Gasteiger charge is -2.04. The first-order chi connectivity index (χ1) is 8.16. The van der Waals surface area contributed by atoms with Crippen LogP contribution in [0.5, 0.6) is 5.75 Å². The molecule has 0 unspecified atom stereocenters. The summed E-state index contributed by atoms with van der Waals surface area (Å²) in [5.41, 5.74) is 7.51. The molecule has 2 heterocycles. The van der Waals surface area contributed by atoms with E-state index in [1.807, 2.05) is 0 Å². The lowest BCUT2D eigenvalue weighted by Crippen LogP contribution is -2.13. The topological polar surface area (TPSA) is 68.1 Å². The van der Waals surface area contributed by atoms with Crippen LogP contribution >= 0.6 is 0 Å². The van der Waals surface area contributed by atoms with Crippen molar-refractivity contribution in [2.24, 2.45) is 5.73 Å². The van der Waals surface area contributed by atoms with Crippen molar-refractivity contribution in [3.05, 3.63) is 29.2 Å². The van der Waals surface area contributed by atoms with Gasteiger partial charge in [0.05, 0.1) is 13.0 Å². The molecule has 0 aliphatic carbocycles. The first-order valence-corrected chi connectivity index (χ1v) is 5.39. The first-order valence-electron chi connectivity index (χ1n) is 5.39. The Balaban J connectivity index is 2.27. The van der Waals surface area contributed by atoms with Gasteiger partial charge in [-0.3, -0.25) is 4.79 Å². The number of hydrogen-bond donors (Lipinski definition) is 2. The highest BCUT2D eigenvalue weighted by atomic mass is 19.1. The monoisotopic (exact) mass is 234 g/mol. The number of rotatable bonds is 2. The Kier molecular flexibility index (Phi) is 2.07. The molecule has 0 saturated heterocycles. The molecule has 88 valence electrons. The molecule has 1 aliphatic rings. The molecular formula is C12H11FN2O2. The van der Waals surface area contributed by atoms with E-state index in [9.17, 15) is 9.18 Å². The van der Waals surface area contributed by atoms with E-state index in [2.05, 4.69) is 4.98 Å². The number of amides is 1. The third kappa shape index (κ3) is 1.46. The number of carbonyl (C=O) groups is 1. The zero-order valence-corrected chi connectivity index (χ0v) is 9.05. The Hall–Kier alpha value is -2.04. The summed E-state index contributed by atoms with van der Waals surface area (Å²) >= 11 is 0. The van der Waals surface area contributed by atoms with Gasteiger partial charge in [0.25, 0.3) is 0 Å². The van der Waals surface area contributed by atoms with Crippen molar-refractivity contribution >= 4 is 16.8 Å². The van der Waals surface area contributed by atoms with Crippen molar-refractivity contribution in [1.29, 1.82) is 0 Å². The molecule has 1 aromatic heterocycles. The van der Waals surface area contributed by atoms with Gasteiger partial charge in [0.2, 0.25) is 5.91 Å². The summed E-state index contributed by atoms with van der Waals surface area (Å²) in [6, 6.07) is 1.39. The number of aromatic amines is 1. The van der Waals surface area contributed by atoms with E-state index in [4.69, 9.17) is 10.5 Å². The molecule has 0 radical (unpaired) electrons. The number of hydrogen-bond acceptors (Lipinski definition) is 2. The van der Waals surface area contributed by atoms with Gasteiger partial charge in [-0.1, -0.05) is 0 Å². The number of nitrogens with one attached hydrogen (secondary N) is 1. The maximum absolute atomic E-state index is 13.7. The van der Waals surface area contributed by atoms with Crippen LogP contribution in [0.25, 0.3) is 10.9 Å². The summed E-state index contributed by atoms with van der Waals surface area (Å²) in [6.07, 6.45) is 2.51. The Morgan fingerprint density at radius 1 is 1.59 bits per heavy atom. The standard InChI is InChI=1S/C12H11FN2O2/c13-8-4-9-11(7-1-2-17-12(7)8)6(5-15-9)3-10(14)16/h4-5,15H,1-3H2,(H2,14,16). The van der Waals surface area contributed by atoms with Crippen LogP contribution in [-0.4, -0.2) is 17.5 Å². The maximum atomic E-state index is 13.7. The van der Waals surface area contributed by atoms with Gasteiger partial charge in [0, 0.05) is 35.2 Å². The van der Waals surface area contributed by atoms with Crippen LogP contribution in [-0.2, 0) is 17.6 Å². The minimum Gasteiger partial charge on any atom is -0.490 e. The SMILES string of the molecule is NC(=O)Cc1c[nH]c2cc(F)c3c(c12)CCO3. The van der Waals surface area contributed by atoms with E-state index in [-0.39, 0.29) is 12.2 Å². The molecule has 0 fully saturated rings. The molecule has 1 amide bonds. The number of ether oxygens (including phenoxy) is 1. The summed E-state index contributed by atoms with van der Waals surface area (Å²) < 4.78 is 18.9. The summed E-state index contributed by atoms with van der Waals surface area (Å²) in [5.74, 6) is -0.455. The van der Waals surface area contributed by atoms with E-state index < -0.39 is 5.91 Å². The Labute approximate surface area is 96.6 Å². The van der Waals surface area contributed by atoms with Crippen LogP contribution in [0.1, 0.15) is 11.1 Å². The lowest BCUT2D eigenvalue weighted by molar-refractivity contribution is -0.117. The number of carbonyl (C=O) groups excluding carboxylic acids is 1. The van der Waals surface area contributed by atoms with Crippen molar-refractivity contribution in [1.82, 2.24) is 4.98 Å². The van der Waals surface area contributed by atoms with Crippen molar-refractivity contribution in [2.75, 3.05) is 6.61 Å². The number of nitrogens with two attached hydrogens (primary N) is 1. The first kappa shape index (κ1) is 10.1. The fraction of sp³-hybridized carbons (Fsp3) is 0.250. The van der Waals surface area contributed by atoms with Crippen LogP contribution in [0.15, 0.2) is 12.3 Å². The third-order valence-corrected chi connectivity index (χ3v) is 3.02. The molecule has 1 aliphatic heterocycles. The molecule has 2 aromatic rings.